The Morgan fingerprint density at radius 1 is 1.00 bits per heavy atom. The van der Waals surface area contributed by atoms with Crippen LogP contribution in [-0.4, -0.2) is 18.5 Å². The van der Waals surface area contributed by atoms with Crippen molar-refractivity contribution in [2.75, 3.05) is 6.61 Å². The number of hydrogen-bond donors (Lipinski definition) is 0. The SMILES string of the molecule is CCCCCOC(=O)CCCC(=O)Oc1ccc(Cl)cc1. The van der Waals surface area contributed by atoms with E-state index in [1.54, 1.807) is 24.3 Å². The van der Waals surface area contributed by atoms with Crippen LogP contribution in [0.25, 0.3) is 0 Å². The largest absolute Gasteiger partial charge is 0.466 e. The van der Waals surface area contributed by atoms with Crippen molar-refractivity contribution < 1.29 is 19.1 Å². The maximum absolute atomic E-state index is 11.6. The lowest BCUT2D eigenvalue weighted by atomic mass is 10.2. The first-order valence-electron chi connectivity index (χ1n) is 7.23. The van der Waals surface area contributed by atoms with Gasteiger partial charge in [-0.05, 0) is 37.1 Å². The second-order valence-corrected chi connectivity index (χ2v) is 5.15. The molecule has 0 amide bonds. The lowest BCUT2D eigenvalue weighted by Crippen LogP contribution is -2.10. The van der Waals surface area contributed by atoms with Gasteiger partial charge in [0.1, 0.15) is 5.75 Å². The maximum atomic E-state index is 11.6. The average molecular weight is 313 g/mol. The smallest absolute Gasteiger partial charge is 0.311 e. The molecule has 1 aromatic carbocycles. The highest BCUT2D eigenvalue weighted by atomic mass is 35.5. The van der Waals surface area contributed by atoms with Gasteiger partial charge in [0.2, 0.25) is 0 Å². The molecular formula is C16H21ClO4. The van der Waals surface area contributed by atoms with Gasteiger partial charge in [-0.15, -0.1) is 0 Å². The van der Waals surface area contributed by atoms with Gasteiger partial charge in [0.05, 0.1) is 6.61 Å². The number of carbonyl (C=O) groups is 2. The summed E-state index contributed by atoms with van der Waals surface area (Å²) >= 11 is 5.74. The van der Waals surface area contributed by atoms with E-state index >= 15 is 0 Å². The predicted octanol–water partition coefficient (Wildman–Crippen LogP) is 4.15. The summed E-state index contributed by atoms with van der Waals surface area (Å²) in [6.07, 6.45) is 3.89. The molecule has 0 aliphatic heterocycles. The summed E-state index contributed by atoms with van der Waals surface area (Å²) in [5.41, 5.74) is 0. The molecule has 0 N–H and O–H groups in total. The molecule has 0 aliphatic rings. The van der Waals surface area contributed by atoms with Crippen molar-refractivity contribution in [3.05, 3.63) is 29.3 Å². The highest BCUT2D eigenvalue weighted by Gasteiger charge is 2.08. The van der Waals surface area contributed by atoms with E-state index < -0.39 is 0 Å². The summed E-state index contributed by atoms with van der Waals surface area (Å²) < 4.78 is 10.2. The number of halogens is 1. The van der Waals surface area contributed by atoms with Crippen molar-refractivity contribution in [3.63, 3.8) is 0 Å². The molecule has 0 heterocycles. The van der Waals surface area contributed by atoms with Crippen LogP contribution in [0.15, 0.2) is 24.3 Å². The zero-order valence-electron chi connectivity index (χ0n) is 12.3. The molecule has 116 valence electrons. The zero-order chi connectivity index (χ0) is 15.5. The van der Waals surface area contributed by atoms with Crippen LogP contribution in [0.3, 0.4) is 0 Å². The minimum Gasteiger partial charge on any atom is -0.466 e. The van der Waals surface area contributed by atoms with Crippen LogP contribution >= 0.6 is 11.6 Å². The molecule has 5 heteroatoms. The number of rotatable bonds is 9. The average Bonchev–Trinajstić information content (AvgIpc) is 2.46. The predicted molar refractivity (Wildman–Crippen MR) is 81.4 cm³/mol. The summed E-state index contributed by atoms with van der Waals surface area (Å²) in [6.45, 7) is 2.55. The van der Waals surface area contributed by atoms with Crippen LogP contribution in [0.5, 0.6) is 5.75 Å². The van der Waals surface area contributed by atoms with Gasteiger partial charge in [0.15, 0.2) is 0 Å². The third kappa shape index (κ3) is 8.35. The Morgan fingerprint density at radius 3 is 2.33 bits per heavy atom. The topological polar surface area (TPSA) is 52.6 Å². The normalized spacial score (nSPS) is 10.2. The Balaban J connectivity index is 2.12. The molecule has 0 unspecified atom stereocenters. The van der Waals surface area contributed by atoms with Gasteiger partial charge in [-0.2, -0.15) is 0 Å². The third-order valence-electron chi connectivity index (χ3n) is 2.82. The zero-order valence-corrected chi connectivity index (χ0v) is 13.0. The molecule has 1 aromatic rings. The fourth-order valence-electron chi connectivity index (χ4n) is 1.67. The summed E-state index contributed by atoms with van der Waals surface area (Å²) in [4.78, 5) is 23.0. The van der Waals surface area contributed by atoms with Gasteiger partial charge in [-0.1, -0.05) is 31.4 Å². The van der Waals surface area contributed by atoms with E-state index in [1.807, 2.05) is 0 Å². The van der Waals surface area contributed by atoms with Gasteiger partial charge < -0.3 is 9.47 Å². The summed E-state index contributed by atoms with van der Waals surface area (Å²) in [6, 6.07) is 6.56. The molecule has 0 saturated heterocycles. The summed E-state index contributed by atoms with van der Waals surface area (Å²) in [7, 11) is 0. The highest BCUT2D eigenvalue weighted by molar-refractivity contribution is 6.30. The number of ether oxygens (including phenoxy) is 2. The van der Waals surface area contributed by atoms with Gasteiger partial charge in [-0.25, -0.2) is 0 Å². The third-order valence-corrected chi connectivity index (χ3v) is 3.07. The lowest BCUT2D eigenvalue weighted by Gasteiger charge is -2.05. The first-order chi connectivity index (χ1) is 10.1. The van der Waals surface area contributed by atoms with Crippen molar-refractivity contribution in [2.45, 2.75) is 45.4 Å². The van der Waals surface area contributed by atoms with Gasteiger partial charge in [-0.3, -0.25) is 9.59 Å². The second-order valence-electron chi connectivity index (χ2n) is 4.71. The highest BCUT2D eigenvalue weighted by Crippen LogP contribution is 2.16. The molecular weight excluding hydrogens is 292 g/mol. The van der Waals surface area contributed by atoms with Crippen molar-refractivity contribution in [1.82, 2.24) is 0 Å². The molecule has 0 aromatic heterocycles. The Kier molecular flexibility index (Phi) is 8.51. The van der Waals surface area contributed by atoms with Crippen LogP contribution in [-0.2, 0) is 14.3 Å². The van der Waals surface area contributed by atoms with E-state index in [0.717, 1.165) is 19.3 Å². The summed E-state index contributed by atoms with van der Waals surface area (Å²) in [5, 5.41) is 0.584. The van der Waals surface area contributed by atoms with E-state index in [9.17, 15) is 9.59 Å². The molecule has 1 rings (SSSR count). The van der Waals surface area contributed by atoms with Crippen molar-refractivity contribution in [2.24, 2.45) is 0 Å². The van der Waals surface area contributed by atoms with Gasteiger partial charge in [0, 0.05) is 17.9 Å². The second kappa shape index (κ2) is 10.2. The fourth-order valence-corrected chi connectivity index (χ4v) is 1.80. The molecule has 21 heavy (non-hydrogen) atoms. The van der Waals surface area contributed by atoms with E-state index in [0.29, 0.717) is 23.8 Å². The van der Waals surface area contributed by atoms with Crippen molar-refractivity contribution >= 4 is 23.5 Å². The lowest BCUT2D eigenvalue weighted by molar-refractivity contribution is -0.144. The Bertz CT molecular complexity index is 442. The van der Waals surface area contributed by atoms with Crippen LogP contribution in [0, 0.1) is 0 Å². The molecule has 0 spiro atoms. The van der Waals surface area contributed by atoms with E-state index in [2.05, 4.69) is 6.92 Å². The number of esters is 2. The molecule has 0 atom stereocenters. The Hall–Kier alpha value is -1.55. The maximum Gasteiger partial charge on any atom is 0.311 e. The molecule has 0 bridgehead atoms. The van der Waals surface area contributed by atoms with Gasteiger partial charge in [0.25, 0.3) is 0 Å². The van der Waals surface area contributed by atoms with Crippen molar-refractivity contribution in [3.8, 4) is 5.75 Å². The Morgan fingerprint density at radius 2 is 1.67 bits per heavy atom. The molecule has 0 fully saturated rings. The minimum absolute atomic E-state index is 0.187. The number of benzene rings is 1. The number of carbonyl (C=O) groups excluding carboxylic acids is 2. The van der Waals surface area contributed by atoms with Gasteiger partial charge >= 0.3 is 11.9 Å². The standard InChI is InChI=1S/C16H21ClO4/c1-2-3-4-12-20-15(18)6-5-7-16(19)21-14-10-8-13(17)9-11-14/h8-11H,2-7,12H2,1H3. The molecule has 0 aliphatic carbocycles. The fraction of sp³-hybridized carbons (Fsp3) is 0.500. The van der Waals surface area contributed by atoms with E-state index in [1.165, 1.54) is 0 Å². The molecule has 0 radical (unpaired) electrons. The van der Waals surface area contributed by atoms with Crippen molar-refractivity contribution in [1.29, 1.82) is 0 Å². The van der Waals surface area contributed by atoms with Crippen LogP contribution < -0.4 is 4.74 Å². The first kappa shape index (κ1) is 17.5. The van der Waals surface area contributed by atoms with E-state index in [4.69, 9.17) is 21.1 Å². The number of hydrogen-bond acceptors (Lipinski definition) is 4. The van der Waals surface area contributed by atoms with Crippen LogP contribution in [0.1, 0.15) is 45.4 Å². The quantitative estimate of drug-likeness (QED) is 0.390. The van der Waals surface area contributed by atoms with Crippen LogP contribution in [0.2, 0.25) is 5.02 Å². The Labute approximate surface area is 130 Å². The first-order valence-corrected chi connectivity index (χ1v) is 7.61. The monoisotopic (exact) mass is 312 g/mol. The minimum atomic E-state index is -0.365. The van der Waals surface area contributed by atoms with Crippen LogP contribution in [0.4, 0.5) is 0 Å². The summed E-state index contributed by atoms with van der Waals surface area (Å²) in [5.74, 6) is -0.173. The molecule has 4 nitrogen and oxygen atoms in total. The van der Waals surface area contributed by atoms with E-state index in [-0.39, 0.29) is 24.8 Å². The number of unbranched alkanes of at least 4 members (excludes halogenated alkanes) is 2. The molecule has 0 saturated carbocycles.